The van der Waals surface area contributed by atoms with Gasteiger partial charge in [0.2, 0.25) is 5.82 Å². The van der Waals surface area contributed by atoms with Crippen molar-refractivity contribution in [2.75, 3.05) is 13.3 Å². The molecule has 0 radical (unpaired) electrons. The summed E-state index contributed by atoms with van der Waals surface area (Å²) in [6, 6.07) is 8.15. The van der Waals surface area contributed by atoms with E-state index < -0.39 is 0 Å². The average Bonchev–Trinajstić information content (AvgIpc) is 2.85. The van der Waals surface area contributed by atoms with Crippen LogP contribution in [0.2, 0.25) is 0 Å². The summed E-state index contributed by atoms with van der Waals surface area (Å²) in [6.07, 6.45) is 2.04. The van der Waals surface area contributed by atoms with Gasteiger partial charge in [-0.1, -0.05) is 12.1 Å². The van der Waals surface area contributed by atoms with Crippen molar-refractivity contribution in [1.82, 2.24) is 20.1 Å². The molecule has 0 saturated heterocycles. The summed E-state index contributed by atoms with van der Waals surface area (Å²) >= 11 is 1.70. The van der Waals surface area contributed by atoms with Crippen LogP contribution in [-0.2, 0) is 6.54 Å². The quantitative estimate of drug-likeness (QED) is 0.869. The number of aryl methyl sites for hydroxylation is 1. The summed E-state index contributed by atoms with van der Waals surface area (Å²) in [5.41, 5.74) is 1.08. The van der Waals surface area contributed by atoms with Gasteiger partial charge in [-0.3, -0.25) is 9.89 Å². The van der Waals surface area contributed by atoms with Gasteiger partial charge in [-0.15, -0.1) is 16.9 Å². The normalized spacial score (nSPS) is 10.5. The Labute approximate surface area is 116 Å². The molecule has 2 rings (SSSR count). The fraction of sp³-hybridized carbons (Fsp3) is 0.308. The summed E-state index contributed by atoms with van der Waals surface area (Å²) in [6.45, 7) is 2.31. The monoisotopic (exact) mass is 276 g/mol. The van der Waals surface area contributed by atoms with E-state index in [1.54, 1.807) is 30.6 Å². The van der Waals surface area contributed by atoms with Crippen molar-refractivity contribution >= 4 is 17.7 Å². The summed E-state index contributed by atoms with van der Waals surface area (Å²) < 4.78 is 0. The van der Waals surface area contributed by atoms with Gasteiger partial charge >= 0.3 is 0 Å². The van der Waals surface area contributed by atoms with Crippen molar-refractivity contribution in [3.05, 3.63) is 41.5 Å². The van der Waals surface area contributed by atoms with Crippen molar-refractivity contribution in [3.8, 4) is 0 Å². The second kappa shape index (κ2) is 5.88. The number of carbonyl (C=O) groups excluding carboxylic acids is 1. The van der Waals surface area contributed by atoms with Crippen LogP contribution >= 0.6 is 11.8 Å². The molecule has 1 amide bonds. The van der Waals surface area contributed by atoms with Crippen LogP contribution in [0.15, 0.2) is 29.2 Å². The molecule has 1 aromatic heterocycles. The Hall–Kier alpha value is -1.82. The minimum absolute atomic E-state index is 0.182. The fourth-order valence-electron chi connectivity index (χ4n) is 1.69. The lowest BCUT2D eigenvalue weighted by atomic mass is 10.2. The third-order valence-corrected chi connectivity index (χ3v) is 3.46. The molecule has 0 spiro atoms. The Bertz CT molecular complexity index is 564. The number of rotatable bonds is 4. The topological polar surface area (TPSA) is 61.9 Å². The predicted molar refractivity (Wildman–Crippen MR) is 75.1 cm³/mol. The van der Waals surface area contributed by atoms with Crippen molar-refractivity contribution < 1.29 is 4.79 Å². The number of nitrogens with zero attached hydrogens (tertiary/aromatic N) is 3. The molecule has 0 aliphatic heterocycles. The van der Waals surface area contributed by atoms with Gasteiger partial charge in [-0.2, -0.15) is 0 Å². The summed E-state index contributed by atoms with van der Waals surface area (Å²) in [5, 5.41) is 6.55. The number of carbonyl (C=O) groups is 1. The molecular weight excluding hydrogens is 260 g/mol. The second-order valence-electron chi connectivity index (χ2n) is 4.25. The lowest BCUT2D eigenvalue weighted by Crippen LogP contribution is -2.27. The number of hydrogen-bond donors (Lipinski definition) is 1. The molecule has 0 saturated carbocycles. The first kappa shape index (κ1) is 13.6. The van der Waals surface area contributed by atoms with Crippen LogP contribution in [0.1, 0.15) is 22.0 Å². The second-order valence-corrected chi connectivity index (χ2v) is 5.13. The third kappa shape index (κ3) is 3.35. The number of H-pyrrole nitrogens is 1. The number of nitrogens with one attached hydrogen (secondary N) is 1. The standard InChI is InChI=1S/C13H16N4OS/c1-9-14-12(16-15-9)13(18)17(2)8-10-4-6-11(19-3)7-5-10/h4-7H,8H2,1-3H3,(H,14,15,16). The van der Waals surface area contributed by atoms with Crippen LogP contribution in [0.5, 0.6) is 0 Å². The minimum Gasteiger partial charge on any atom is -0.335 e. The van der Waals surface area contributed by atoms with Crippen LogP contribution in [-0.4, -0.2) is 39.3 Å². The molecule has 19 heavy (non-hydrogen) atoms. The van der Waals surface area contributed by atoms with Gasteiger partial charge in [-0.25, -0.2) is 4.98 Å². The molecule has 1 N–H and O–H groups in total. The van der Waals surface area contributed by atoms with Gasteiger partial charge < -0.3 is 4.90 Å². The maximum Gasteiger partial charge on any atom is 0.293 e. The smallest absolute Gasteiger partial charge is 0.293 e. The maximum absolute atomic E-state index is 12.1. The van der Waals surface area contributed by atoms with E-state index in [4.69, 9.17) is 0 Å². The van der Waals surface area contributed by atoms with Gasteiger partial charge in [-0.05, 0) is 30.9 Å². The van der Waals surface area contributed by atoms with Gasteiger partial charge in [0.15, 0.2) is 0 Å². The van der Waals surface area contributed by atoms with E-state index in [1.807, 2.05) is 18.4 Å². The van der Waals surface area contributed by atoms with E-state index in [2.05, 4.69) is 27.3 Å². The number of aromatic amines is 1. The maximum atomic E-state index is 12.1. The van der Waals surface area contributed by atoms with Crippen LogP contribution < -0.4 is 0 Å². The molecule has 0 atom stereocenters. The molecule has 100 valence electrons. The first-order chi connectivity index (χ1) is 9.10. The first-order valence-corrected chi connectivity index (χ1v) is 7.10. The van der Waals surface area contributed by atoms with E-state index in [0.717, 1.165) is 5.56 Å². The average molecular weight is 276 g/mol. The number of hydrogen-bond acceptors (Lipinski definition) is 4. The summed E-state index contributed by atoms with van der Waals surface area (Å²) in [5.74, 6) is 0.667. The Morgan fingerprint density at radius 3 is 2.58 bits per heavy atom. The van der Waals surface area contributed by atoms with Crippen molar-refractivity contribution in [2.45, 2.75) is 18.4 Å². The third-order valence-electron chi connectivity index (χ3n) is 2.71. The number of amides is 1. The van der Waals surface area contributed by atoms with Gasteiger partial charge in [0, 0.05) is 18.5 Å². The number of benzene rings is 1. The van der Waals surface area contributed by atoms with Crippen molar-refractivity contribution in [2.24, 2.45) is 0 Å². The minimum atomic E-state index is -0.182. The fourth-order valence-corrected chi connectivity index (χ4v) is 2.09. The van der Waals surface area contributed by atoms with Gasteiger partial charge in [0.1, 0.15) is 5.82 Å². The van der Waals surface area contributed by atoms with E-state index in [9.17, 15) is 4.79 Å². The van der Waals surface area contributed by atoms with Crippen molar-refractivity contribution in [1.29, 1.82) is 0 Å². The first-order valence-electron chi connectivity index (χ1n) is 5.87. The highest BCUT2D eigenvalue weighted by molar-refractivity contribution is 7.98. The Balaban J connectivity index is 2.03. The predicted octanol–water partition coefficient (Wildman–Crippen LogP) is 2.11. The van der Waals surface area contributed by atoms with Gasteiger partial charge in [0.25, 0.3) is 5.91 Å². The molecule has 0 aliphatic carbocycles. The molecule has 6 heteroatoms. The Morgan fingerprint density at radius 1 is 1.37 bits per heavy atom. The van der Waals surface area contributed by atoms with E-state index in [-0.39, 0.29) is 11.7 Å². The SMILES string of the molecule is CSc1ccc(CN(C)C(=O)c2n[nH]c(C)n2)cc1. The Morgan fingerprint density at radius 2 is 2.05 bits per heavy atom. The lowest BCUT2D eigenvalue weighted by Gasteiger charge is -2.15. The zero-order valence-electron chi connectivity index (χ0n) is 11.2. The molecule has 0 aliphatic rings. The zero-order valence-corrected chi connectivity index (χ0v) is 12.0. The highest BCUT2D eigenvalue weighted by Gasteiger charge is 2.16. The van der Waals surface area contributed by atoms with Crippen LogP contribution in [0.3, 0.4) is 0 Å². The molecule has 1 heterocycles. The highest BCUT2D eigenvalue weighted by Crippen LogP contribution is 2.15. The molecule has 0 unspecified atom stereocenters. The molecule has 1 aromatic carbocycles. The number of thioether (sulfide) groups is 1. The van der Waals surface area contributed by atoms with Crippen LogP contribution in [0, 0.1) is 6.92 Å². The van der Waals surface area contributed by atoms with E-state index in [1.165, 1.54) is 4.90 Å². The summed E-state index contributed by atoms with van der Waals surface area (Å²) in [4.78, 5) is 18.9. The van der Waals surface area contributed by atoms with Crippen LogP contribution in [0.25, 0.3) is 0 Å². The largest absolute Gasteiger partial charge is 0.335 e. The Kier molecular flexibility index (Phi) is 4.21. The molecular formula is C13H16N4OS. The molecule has 0 bridgehead atoms. The molecule has 2 aromatic rings. The van der Waals surface area contributed by atoms with Crippen molar-refractivity contribution in [3.63, 3.8) is 0 Å². The molecule has 5 nitrogen and oxygen atoms in total. The number of aromatic nitrogens is 3. The highest BCUT2D eigenvalue weighted by atomic mass is 32.2. The lowest BCUT2D eigenvalue weighted by molar-refractivity contribution is 0.0773. The van der Waals surface area contributed by atoms with Gasteiger partial charge in [0.05, 0.1) is 0 Å². The molecule has 0 fully saturated rings. The zero-order chi connectivity index (χ0) is 13.8. The summed E-state index contributed by atoms with van der Waals surface area (Å²) in [7, 11) is 1.75. The van der Waals surface area contributed by atoms with E-state index >= 15 is 0 Å². The van der Waals surface area contributed by atoms with Crippen LogP contribution in [0.4, 0.5) is 0 Å². The van der Waals surface area contributed by atoms with E-state index in [0.29, 0.717) is 12.4 Å².